The fraction of sp³-hybridized carbons (Fsp3) is 0.933. The van der Waals surface area contributed by atoms with Crippen LogP contribution in [-0.4, -0.2) is 30.6 Å². The summed E-state index contributed by atoms with van der Waals surface area (Å²) >= 11 is 0. The molecule has 0 aromatic heterocycles. The van der Waals surface area contributed by atoms with Crippen molar-refractivity contribution in [1.82, 2.24) is 0 Å². The Kier molecular flexibility index (Phi) is 3.13. The molecule has 0 unspecified atom stereocenters. The Morgan fingerprint density at radius 3 is 2.05 bits per heavy atom. The van der Waals surface area contributed by atoms with Gasteiger partial charge in [0.2, 0.25) is 0 Å². The molecule has 0 aromatic carbocycles. The highest BCUT2D eigenvalue weighted by Crippen LogP contribution is 2.53. The number of esters is 1. The first-order valence-electron chi connectivity index (χ1n) is 7.59. The van der Waals surface area contributed by atoms with Crippen molar-refractivity contribution in [2.24, 2.45) is 5.41 Å². The molecule has 4 heteroatoms. The van der Waals surface area contributed by atoms with E-state index in [0.29, 0.717) is 13.2 Å². The van der Waals surface area contributed by atoms with Gasteiger partial charge >= 0.3 is 5.97 Å². The van der Waals surface area contributed by atoms with Crippen LogP contribution in [0.4, 0.5) is 0 Å². The molecule has 1 saturated carbocycles. The minimum Gasteiger partial charge on any atom is -0.459 e. The summed E-state index contributed by atoms with van der Waals surface area (Å²) in [6.45, 7) is 5.58. The molecule has 0 atom stereocenters. The average molecular weight is 268 g/mol. The van der Waals surface area contributed by atoms with E-state index < -0.39 is 0 Å². The normalized spacial score (nSPS) is 30.9. The average Bonchev–Trinajstić information content (AvgIpc) is 2.98. The molecule has 0 radical (unpaired) electrons. The Labute approximate surface area is 114 Å². The molecule has 4 nitrogen and oxygen atoms in total. The van der Waals surface area contributed by atoms with Gasteiger partial charge in [-0.2, -0.15) is 0 Å². The van der Waals surface area contributed by atoms with E-state index in [1.165, 1.54) is 0 Å². The van der Waals surface area contributed by atoms with E-state index in [0.717, 1.165) is 44.9 Å². The van der Waals surface area contributed by atoms with Crippen molar-refractivity contribution in [3.05, 3.63) is 0 Å². The molecule has 3 fully saturated rings. The fourth-order valence-corrected chi connectivity index (χ4v) is 3.97. The molecule has 2 heterocycles. The number of hydrogen-bond donors (Lipinski definition) is 0. The number of hydrogen-bond acceptors (Lipinski definition) is 4. The zero-order valence-corrected chi connectivity index (χ0v) is 12.0. The first-order chi connectivity index (χ1) is 9.08. The van der Waals surface area contributed by atoms with E-state index in [4.69, 9.17) is 14.2 Å². The van der Waals surface area contributed by atoms with Crippen molar-refractivity contribution in [2.75, 3.05) is 13.2 Å². The van der Waals surface area contributed by atoms with Crippen molar-refractivity contribution in [3.63, 3.8) is 0 Å². The first kappa shape index (κ1) is 13.4. The molecule has 1 aliphatic carbocycles. The Bertz CT molecular complexity index is 356. The van der Waals surface area contributed by atoms with Crippen molar-refractivity contribution >= 4 is 5.97 Å². The molecule has 19 heavy (non-hydrogen) atoms. The van der Waals surface area contributed by atoms with Crippen LogP contribution in [0.5, 0.6) is 0 Å². The lowest BCUT2D eigenvalue weighted by atomic mass is 9.71. The lowest BCUT2D eigenvalue weighted by Gasteiger charge is -2.40. The zero-order chi connectivity index (χ0) is 13.6. The molecular formula is C15H24O4. The lowest BCUT2D eigenvalue weighted by molar-refractivity contribution is -0.205. The quantitative estimate of drug-likeness (QED) is 0.722. The van der Waals surface area contributed by atoms with Gasteiger partial charge in [-0.3, -0.25) is 4.79 Å². The van der Waals surface area contributed by atoms with Crippen LogP contribution in [-0.2, 0) is 19.0 Å². The summed E-state index contributed by atoms with van der Waals surface area (Å²) in [4.78, 5) is 12.3. The van der Waals surface area contributed by atoms with Crippen LogP contribution >= 0.6 is 0 Å². The van der Waals surface area contributed by atoms with Crippen LogP contribution in [0.15, 0.2) is 0 Å². The molecular weight excluding hydrogens is 244 g/mol. The summed E-state index contributed by atoms with van der Waals surface area (Å²) in [5.74, 6) is -0.358. The predicted octanol–water partition coefficient (Wildman–Crippen LogP) is 2.80. The van der Waals surface area contributed by atoms with Gasteiger partial charge in [-0.1, -0.05) is 13.8 Å². The van der Waals surface area contributed by atoms with Crippen molar-refractivity contribution in [2.45, 2.75) is 70.2 Å². The van der Waals surface area contributed by atoms with Gasteiger partial charge in [0.15, 0.2) is 5.79 Å². The highest BCUT2D eigenvalue weighted by atomic mass is 16.7. The van der Waals surface area contributed by atoms with Crippen LogP contribution < -0.4 is 0 Å². The second-order valence-corrected chi connectivity index (χ2v) is 6.34. The highest BCUT2D eigenvalue weighted by molar-refractivity contribution is 5.79. The smallest absolute Gasteiger partial charge is 0.312 e. The van der Waals surface area contributed by atoms with Gasteiger partial charge in [0.05, 0.1) is 18.6 Å². The number of carbonyl (C=O) groups excluding carboxylic acids is 1. The third-order valence-corrected chi connectivity index (χ3v) is 5.49. The van der Waals surface area contributed by atoms with E-state index >= 15 is 0 Å². The highest BCUT2D eigenvalue weighted by Gasteiger charge is 2.58. The van der Waals surface area contributed by atoms with E-state index in [2.05, 4.69) is 13.8 Å². The Morgan fingerprint density at radius 2 is 1.58 bits per heavy atom. The fourth-order valence-electron chi connectivity index (χ4n) is 3.97. The molecule has 0 N–H and O–H groups in total. The number of carbonyl (C=O) groups is 1. The molecule has 2 aliphatic heterocycles. The van der Waals surface area contributed by atoms with Crippen molar-refractivity contribution in [1.29, 1.82) is 0 Å². The lowest BCUT2D eigenvalue weighted by Crippen LogP contribution is -2.43. The van der Waals surface area contributed by atoms with Crippen LogP contribution in [0.2, 0.25) is 0 Å². The van der Waals surface area contributed by atoms with Gasteiger partial charge < -0.3 is 14.2 Å². The Balaban J connectivity index is 1.72. The second kappa shape index (κ2) is 4.45. The van der Waals surface area contributed by atoms with Gasteiger partial charge in [-0.25, -0.2) is 0 Å². The van der Waals surface area contributed by atoms with Crippen LogP contribution in [0, 0.1) is 5.41 Å². The summed E-state index contributed by atoms with van der Waals surface area (Å²) in [7, 11) is 0. The van der Waals surface area contributed by atoms with Crippen LogP contribution in [0.1, 0.15) is 58.8 Å². The summed E-state index contributed by atoms with van der Waals surface area (Å²) in [5.41, 5.74) is -0.494. The summed E-state index contributed by atoms with van der Waals surface area (Å²) in [5, 5.41) is 0. The van der Waals surface area contributed by atoms with Gasteiger partial charge in [-0.05, 0) is 25.7 Å². The first-order valence-corrected chi connectivity index (χ1v) is 7.59. The standard InChI is InChI=1S/C15H24O4/c1-3-13(4-2)11-14(19-12(13)16)5-7-15(8-6-14)17-9-10-18-15/h3-11H2,1-2H3. The maximum Gasteiger partial charge on any atom is 0.312 e. The minimum atomic E-state index is -0.374. The van der Waals surface area contributed by atoms with Gasteiger partial charge in [0, 0.05) is 19.3 Å². The summed E-state index contributed by atoms with van der Waals surface area (Å²) in [6.07, 6.45) is 6.08. The van der Waals surface area contributed by atoms with Crippen LogP contribution in [0.25, 0.3) is 0 Å². The third kappa shape index (κ3) is 2.00. The van der Waals surface area contributed by atoms with Crippen molar-refractivity contribution in [3.8, 4) is 0 Å². The van der Waals surface area contributed by atoms with Gasteiger partial charge in [0.1, 0.15) is 5.60 Å². The van der Waals surface area contributed by atoms with E-state index in [1.54, 1.807) is 0 Å². The summed E-state index contributed by atoms with van der Waals surface area (Å²) in [6, 6.07) is 0. The number of rotatable bonds is 2. The molecule has 0 aromatic rings. The van der Waals surface area contributed by atoms with Gasteiger partial charge in [0.25, 0.3) is 0 Å². The minimum absolute atomic E-state index is 0.0155. The van der Waals surface area contributed by atoms with E-state index in [-0.39, 0.29) is 22.8 Å². The molecule has 0 amide bonds. The maximum absolute atomic E-state index is 12.3. The molecule has 108 valence electrons. The largest absolute Gasteiger partial charge is 0.459 e. The van der Waals surface area contributed by atoms with E-state index in [9.17, 15) is 4.79 Å². The topological polar surface area (TPSA) is 44.8 Å². The van der Waals surface area contributed by atoms with E-state index in [1.807, 2.05) is 0 Å². The number of ether oxygens (including phenoxy) is 3. The SMILES string of the molecule is CCC1(CC)CC2(CCC3(CC2)OCCO3)OC1=O. The second-order valence-electron chi connectivity index (χ2n) is 6.34. The zero-order valence-electron chi connectivity index (χ0n) is 12.0. The summed E-state index contributed by atoms with van der Waals surface area (Å²) < 4.78 is 17.3. The predicted molar refractivity (Wildman–Crippen MR) is 69.6 cm³/mol. The molecule has 0 bridgehead atoms. The molecule has 3 rings (SSSR count). The third-order valence-electron chi connectivity index (χ3n) is 5.49. The Hall–Kier alpha value is -0.610. The van der Waals surface area contributed by atoms with Crippen LogP contribution in [0.3, 0.4) is 0 Å². The molecule has 3 aliphatic rings. The Morgan fingerprint density at radius 1 is 1.00 bits per heavy atom. The van der Waals surface area contributed by atoms with Gasteiger partial charge in [-0.15, -0.1) is 0 Å². The molecule has 2 saturated heterocycles. The molecule has 2 spiro atoms. The monoisotopic (exact) mass is 268 g/mol. The maximum atomic E-state index is 12.3. The van der Waals surface area contributed by atoms with Crippen molar-refractivity contribution < 1.29 is 19.0 Å².